The molecule has 2 N–H and O–H groups in total. The Bertz CT molecular complexity index is 1340. The van der Waals surface area contributed by atoms with Gasteiger partial charge in [0.25, 0.3) is 0 Å². The highest BCUT2D eigenvalue weighted by molar-refractivity contribution is 6.24. The number of allylic oxidation sites excluding steroid dienone is 4. The van der Waals surface area contributed by atoms with Gasteiger partial charge in [0.1, 0.15) is 23.4 Å². The maximum atomic E-state index is 13.3. The van der Waals surface area contributed by atoms with Crippen molar-refractivity contribution in [3.8, 4) is 5.75 Å². The number of ketones is 2. The number of hydrogen-bond acceptors (Lipinski definition) is 7. The first-order valence-corrected chi connectivity index (χ1v) is 15.4. The number of carbonyl (C=O) groups is 5. The molecule has 10 nitrogen and oxygen atoms in total. The van der Waals surface area contributed by atoms with Gasteiger partial charge in [0.2, 0.25) is 11.8 Å². The summed E-state index contributed by atoms with van der Waals surface area (Å²) in [6, 6.07) is 5.61. The van der Waals surface area contributed by atoms with Crippen molar-refractivity contribution < 1.29 is 33.4 Å². The second-order valence-corrected chi connectivity index (χ2v) is 12.9. The van der Waals surface area contributed by atoms with E-state index in [1.54, 1.807) is 53.7 Å². The number of nitrogens with zero attached hydrogens (tertiary/aromatic N) is 1. The number of Topliss-reactive ketones (excluding diaryl/α,β-unsaturated/α-hetero) is 2. The molecule has 1 fully saturated rings. The van der Waals surface area contributed by atoms with Crippen LogP contribution in [0.1, 0.15) is 86.6 Å². The van der Waals surface area contributed by atoms with Gasteiger partial charge in [-0.1, -0.05) is 12.1 Å². The number of likely N-dealkylation sites (tertiary alicyclic amines) is 1. The first-order chi connectivity index (χ1) is 20.6. The van der Waals surface area contributed by atoms with Gasteiger partial charge in [-0.2, -0.15) is 0 Å². The van der Waals surface area contributed by atoms with Gasteiger partial charge in [-0.15, -0.1) is 0 Å². The summed E-state index contributed by atoms with van der Waals surface area (Å²) < 4.78 is 11.4. The number of nitrogens with one attached hydrogen (secondary N) is 2. The van der Waals surface area contributed by atoms with E-state index in [2.05, 4.69) is 10.6 Å². The largest absolute Gasteiger partial charge is 0.494 e. The fourth-order valence-corrected chi connectivity index (χ4v) is 5.29. The van der Waals surface area contributed by atoms with Gasteiger partial charge >= 0.3 is 6.09 Å². The third kappa shape index (κ3) is 9.03. The highest BCUT2D eigenvalue weighted by atomic mass is 16.6. The second kappa shape index (κ2) is 14.7. The lowest BCUT2D eigenvalue weighted by Crippen LogP contribution is -2.55. The SMILES string of the molecule is CC1=C(C)C(=O)C(CCCOc2ccc(CC(NC(=O)C3CCCN3C(=O)OC(C)(C)C)C(=O)NC(C)C)cc2)=C(C)C1=O. The van der Waals surface area contributed by atoms with E-state index in [0.29, 0.717) is 66.9 Å². The number of amides is 3. The van der Waals surface area contributed by atoms with Gasteiger partial charge in [-0.3, -0.25) is 24.1 Å². The molecule has 0 bridgehead atoms. The zero-order valence-electron chi connectivity index (χ0n) is 27.3. The molecule has 1 aliphatic carbocycles. The molecule has 0 saturated carbocycles. The average molecular weight is 610 g/mol. The topological polar surface area (TPSA) is 131 Å². The van der Waals surface area contributed by atoms with Crippen molar-refractivity contribution in [1.82, 2.24) is 15.5 Å². The van der Waals surface area contributed by atoms with Crippen molar-refractivity contribution in [3.63, 3.8) is 0 Å². The van der Waals surface area contributed by atoms with E-state index >= 15 is 0 Å². The summed E-state index contributed by atoms with van der Waals surface area (Å²) in [5, 5.41) is 5.75. The van der Waals surface area contributed by atoms with Crippen LogP contribution in [0.25, 0.3) is 0 Å². The monoisotopic (exact) mass is 609 g/mol. The molecule has 2 aliphatic rings. The maximum absolute atomic E-state index is 13.3. The van der Waals surface area contributed by atoms with E-state index in [4.69, 9.17) is 9.47 Å². The van der Waals surface area contributed by atoms with Crippen molar-refractivity contribution in [2.45, 2.75) is 111 Å². The Balaban J connectivity index is 1.60. The number of carbonyl (C=O) groups excluding carboxylic acids is 5. The Morgan fingerprint density at radius 3 is 2.20 bits per heavy atom. The zero-order chi connectivity index (χ0) is 32.8. The van der Waals surface area contributed by atoms with Crippen molar-refractivity contribution in [1.29, 1.82) is 0 Å². The van der Waals surface area contributed by atoms with Crippen LogP contribution in [0.2, 0.25) is 0 Å². The van der Waals surface area contributed by atoms with E-state index in [0.717, 1.165) is 5.56 Å². The Hall–Kier alpha value is -3.95. The van der Waals surface area contributed by atoms with Gasteiger partial charge < -0.3 is 20.1 Å². The Morgan fingerprint density at radius 2 is 1.59 bits per heavy atom. The van der Waals surface area contributed by atoms with Crippen LogP contribution in [0.5, 0.6) is 5.75 Å². The molecule has 1 aromatic rings. The van der Waals surface area contributed by atoms with Crippen LogP contribution in [0.4, 0.5) is 4.79 Å². The van der Waals surface area contributed by atoms with Crippen LogP contribution in [-0.4, -0.2) is 71.3 Å². The maximum Gasteiger partial charge on any atom is 0.410 e. The Morgan fingerprint density at radius 1 is 0.955 bits per heavy atom. The highest BCUT2D eigenvalue weighted by Crippen LogP contribution is 2.27. The van der Waals surface area contributed by atoms with Crippen molar-refractivity contribution in [2.75, 3.05) is 13.2 Å². The summed E-state index contributed by atoms with van der Waals surface area (Å²) in [7, 11) is 0. The summed E-state index contributed by atoms with van der Waals surface area (Å²) in [6.07, 6.45) is 1.90. The van der Waals surface area contributed by atoms with Gasteiger partial charge in [-0.05, 0) is 98.8 Å². The first kappa shape index (κ1) is 34.5. The molecule has 0 radical (unpaired) electrons. The number of hydrogen-bond donors (Lipinski definition) is 2. The van der Waals surface area contributed by atoms with Crippen LogP contribution >= 0.6 is 0 Å². The minimum Gasteiger partial charge on any atom is -0.494 e. The van der Waals surface area contributed by atoms with Crippen LogP contribution in [0, 0.1) is 0 Å². The molecule has 1 aliphatic heterocycles. The normalized spacial score (nSPS) is 18.1. The molecular formula is C34H47N3O7. The van der Waals surface area contributed by atoms with Gasteiger partial charge in [0, 0.05) is 41.3 Å². The van der Waals surface area contributed by atoms with E-state index in [1.807, 2.05) is 26.0 Å². The fraction of sp³-hybridized carbons (Fsp3) is 0.559. The molecule has 0 aromatic heterocycles. The molecule has 2 atom stereocenters. The number of rotatable bonds is 11. The van der Waals surface area contributed by atoms with E-state index in [-0.39, 0.29) is 35.8 Å². The molecule has 240 valence electrons. The standard InChI is InChI=1S/C34H47N3O7/c1-20(2)35-31(40)27(36-32(41)28-12-9-17-37(28)33(42)44-34(6,7)8)19-24-13-15-25(16-14-24)43-18-10-11-26-23(5)29(38)21(3)22(4)30(26)39/h13-16,20,27-28H,9-12,17-19H2,1-8H3,(H,35,40)(H,36,41). The van der Waals surface area contributed by atoms with Crippen molar-refractivity contribution in [2.24, 2.45) is 0 Å². The molecule has 0 spiro atoms. The average Bonchev–Trinajstić information content (AvgIpc) is 3.44. The molecule has 1 aromatic carbocycles. The van der Waals surface area contributed by atoms with Gasteiger partial charge in [0.15, 0.2) is 11.6 Å². The van der Waals surface area contributed by atoms with Crippen LogP contribution in [0.3, 0.4) is 0 Å². The predicted molar refractivity (Wildman–Crippen MR) is 167 cm³/mol. The van der Waals surface area contributed by atoms with Crippen molar-refractivity contribution >= 4 is 29.5 Å². The highest BCUT2D eigenvalue weighted by Gasteiger charge is 2.38. The smallest absolute Gasteiger partial charge is 0.410 e. The Labute approximate surface area is 260 Å². The minimum atomic E-state index is -0.842. The van der Waals surface area contributed by atoms with Crippen molar-refractivity contribution in [3.05, 3.63) is 52.1 Å². The summed E-state index contributed by atoms with van der Waals surface area (Å²) in [6.45, 7) is 14.9. The fourth-order valence-electron chi connectivity index (χ4n) is 5.29. The third-order valence-electron chi connectivity index (χ3n) is 7.76. The van der Waals surface area contributed by atoms with E-state index < -0.39 is 23.8 Å². The quantitative estimate of drug-likeness (QED) is 0.277. The van der Waals surface area contributed by atoms with E-state index in [1.165, 1.54) is 4.90 Å². The first-order valence-electron chi connectivity index (χ1n) is 15.4. The Kier molecular flexibility index (Phi) is 11.5. The predicted octanol–water partition coefficient (Wildman–Crippen LogP) is 4.60. The van der Waals surface area contributed by atoms with Crippen LogP contribution in [-0.2, 0) is 30.3 Å². The number of benzene rings is 1. The lowest BCUT2D eigenvalue weighted by molar-refractivity contribution is -0.131. The van der Waals surface area contributed by atoms with E-state index in [9.17, 15) is 24.0 Å². The molecule has 1 saturated heterocycles. The summed E-state index contributed by atoms with van der Waals surface area (Å²) in [4.78, 5) is 65.6. The van der Waals surface area contributed by atoms with Gasteiger partial charge in [0.05, 0.1) is 6.61 Å². The lowest BCUT2D eigenvalue weighted by atomic mass is 9.84. The number of ether oxygens (including phenoxy) is 2. The zero-order valence-corrected chi connectivity index (χ0v) is 27.3. The van der Waals surface area contributed by atoms with Crippen LogP contribution < -0.4 is 15.4 Å². The molecule has 10 heteroatoms. The summed E-state index contributed by atoms with van der Waals surface area (Å²) in [5.74, 6) is -0.215. The van der Waals surface area contributed by atoms with Gasteiger partial charge in [-0.25, -0.2) is 4.79 Å². The minimum absolute atomic E-state index is 0.0717. The summed E-state index contributed by atoms with van der Waals surface area (Å²) >= 11 is 0. The molecular weight excluding hydrogens is 562 g/mol. The lowest BCUT2D eigenvalue weighted by Gasteiger charge is -2.29. The molecule has 44 heavy (non-hydrogen) atoms. The molecule has 3 rings (SSSR count). The second-order valence-electron chi connectivity index (χ2n) is 12.9. The van der Waals surface area contributed by atoms with Crippen LogP contribution in [0.15, 0.2) is 46.6 Å². The third-order valence-corrected chi connectivity index (χ3v) is 7.76. The molecule has 1 heterocycles. The summed E-state index contributed by atoms with van der Waals surface area (Å²) in [5.41, 5.74) is 2.22. The molecule has 2 unspecified atom stereocenters. The molecule has 3 amide bonds.